The summed E-state index contributed by atoms with van der Waals surface area (Å²) in [6.45, 7) is 5.75. The standard InChI is InChI=1S/C17H21N3O3/c1-11(2)23-14-6-4-5-13(7-14)16(21)10-20-17(22)15-9-18-12(3)8-19-15/h4-9,11,16,21H,10H2,1-3H3,(H,20,22). The van der Waals surface area contributed by atoms with E-state index in [1.807, 2.05) is 26.0 Å². The van der Waals surface area contributed by atoms with Crippen LogP contribution < -0.4 is 10.1 Å². The number of nitrogens with one attached hydrogen (secondary N) is 1. The fourth-order valence-electron chi connectivity index (χ4n) is 1.97. The second-order valence-electron chi connectivity index (χ2n) is 5.51. The summed E-state index contributed by atoms with van der Waals surface area (Å²) in [5.41, 5.74) is 1.64. The number of carbonyl (C=O) groups excluding carboxylic acids is 1. The van der Waals surface area contributed by atoms with Gasteiger partial charge in [0.05, 0.1) is 24.1 Å². The highest BCUT2D eigenvalue weighted by Gasteiger charge is 2.13. The second kappa shape index (κ2) is 7.69. The summed E-state index contributed by atoms with van der Waals surface area (Å²) in [7, 11) is 0. The first-order valence-corrected chi connectivity index (χ1v) is 7.47. The highest BCUT2D eigenvalue weighted by molar-refractivity contribution is 5.91. The van der Waals surface area contributed by atoms with Gasteiger partial charge in [0.25, 0.3) is 5.91 Å². The van der Waals surface area contributed by atoms with Crippen LogP contribution in [0.25, 0.3) is 0 Å². The molecule has 0 spiro atoms. The van der Waals surface area contributed by atoms with Gasteiger partial charge in [0, 0.05) is 12.7 Å². The lowest BCUT2D eigenvalue weighted by Crippen LogP contribution is -2.29. The van der Waals surface area contributed by atoms with Crippen molar-refractivity contribution in [2.75, 3.05) is 6.54 Å². The number of rotatable bonds is 6. The molecule has 0 fully saturated rings. The maximum atomic E-state index is 12.0. The van der Waals surface area contributed by atoms with Gasteiger partial charge in [0.1, 0.15) is 11.4 Å². The van der Waals surface area contributed by atoms with Gasteiger partial charge < -0.3 is 15.2 Å². The van der Waals surface area contributed by atoms with Gasteiger partial charge in [-0.1, -0.05) is 12.1 Å². The first kappa shape index (κ1) is 16.9. The van der Waals surface area contributed by atoms with E-state index in [1.165, 1.54) is 12.4 Å². The predicted octanol–water partition coefficient (Wildman–Crippen LogP) is 2.04. The minimum Gasteiger partial charge on any atom is -0.491 e. The van der Waals surface area contributed by atoms with Gasteiger partial charge >= 0.3 is 0 Å². The van der Waals surface area contributed by atoms with E-state index in [9.17, 15) is 9.90 Å². The number of aryl methyl sites for hydroxylation is 1. The third-order valence-corrected chi connectivity index (χ3v) is 3.08. The molecule has 1 aromatic carbocycles. The fourth-order valence-corrected chi connectivity index (χ4v) is 1.97. The van der Waals surface area contributed by atoms with Crippen molar-refractivity contribution in [3.63, 3.8) is 0 Å². The Kier molecular flexibility index (Phi) is 5.65. The molecule has 1 unspecified atom stereocenters. The fraction of sp³-hybridized carbons (Fsp3) is 0.353. The first-order chi connectivity index (χ1) is 11.0. The van der Waals surface area contributed by atoms with E-state index in [0.29, 0.717) is 11.3 Å². The average molecular weight is 315 g/mol. The Morgan fingerprint density at radius 2 is 2.09 bits per heavy atom. The molecule has 122 valence electrons. The summed E-state index contributed by atoms with van der Waals surface area (Å²) in [4.78, 5) is 20.0. The minimum absolute atomic E-state index is 0.0576. The SMILES string of the molecule is Cc1cnc(C(=O)NCC(O)c2cccc(OC(C)C)c2)cn1. The number of ether oxygens (including phenoxy) is 1. The summed E-state index contributed by atoms with van der Waals surface area (Å²) in [6, 6.07) is 7.19. The summed E-state index contributed by atoms with van der Waals surface area (Å²) >= 11 is 0. The van der Waals surface area contributed by atoms with Gasteiger partial charge in [-0.2, -0.15) is 0 Å². The van der Waals surface area contributed by atoms with Crippen molar-refractivity contribution < 1.29 is 14.6 Å². The summed E-state index contributed by atoms with van der Waals surface area (Å²) in [6.07, 6.45) is 2.17. The maximum Gasteiger partial charge on any atom is 0.271 e. The van der Waals surface area contributed by atoms with Crippen LogP contribution in [-0.4, -0.2) is 33.6 Å². The van der Waals surface area contributed by atoms with Crippen molar-refractivity contribution in [2.24, 2.45) is 0 Å². The molecule has 6 nitrogen and oxygen atoms in total. The highest BCUT2D eigenvalue weighted by atomic mass is 16.5. The first-order valence-electron chi connectivity index (χ1n) is 7.47. The Morgan fingerprint density at radius 1 is 1.30 bits per heavy atom. The quantitative estimate of drug-likeness (QED) is 0.852. The predicted molar refractivity (Wildman–Crippen MR) is 86.3 cm³/mol. The molecule has 6 heteroatoms. The molecule has 0 aliphatic heterocycles. The van der Waals surface area contributed by atoms with Crippen LogP contribution in [0.2, 0.25) is 0 Å². The molecule has 23 heavy (non-hydrogen) atoms. The number of nitrogens with zero attached hydrogens (tertiary/aromatic N) is 2. The third kappa shape index (κ3) is 5.03. The molecular formula is C17H21N3O3. The van der Waals surface area contributed by atoms with Crippen molar-refractivity contribution in [2.45, 2.75) is 33.0 Å². The monoisotopic (exact) mass is 315 g/mol. The number of benzene rings is 1. The number of carbonyl (C=O) groups is 1. The van der Waals surface area contributed by atoms with E-state index < -0.39 is 6.10 Å². The number of amides is 1. The highest BCUT2D eigenvalue weighted by Crippen LogP contribution is 2.20. The number of aliphatic hydroxyl groups excluding tert-OH is 1. The van der Waals surface area contributed by atoms with Gasteiger partial charge in [-0.3, -0.25) is 9.78 Å². The van der Waals surface area contributed by atoms with Gasteiger partial charge in [0.15, 0.2) is 0 Å². The number of aromatic nitrogens is 2. The zero-order valence-electron chi connectivity index (χ0n) is 13.5. The van der Waals surface area contributed by atoms with Crippen LogP contribution in [-0.2, 0) is 0 Å². The zero-order chi connectivity index (χ0) is 16.8. The average Bonchev–Trinajstić information content (AvgIpc) is 2.52. The molecule has 0 saturated heterocycles. The normalized spacial score (nSPS) is 12.0. The van der Waals surface area contributed by atoms with E-state index in [0.717, 1.165) is 5.69 Å². The van der Waals surface area contributed by atoms with Crippen LogP contribution in [0.15, 0.2) is 36.7 Å². The molecule has 2 rings (SSSR count). The molecule has 0 radical (unpaired) electrons. The van der Waals surface area contributed by atoms with Crippen LogP contribution in [0.3, 0.4) is 0 Å². The summed E-state index contributed by atoms with van der Waals surface area (Å²) in [5, 5.41) is 12.9. The van der Waals surface area contributed by atoms with Gasteiger partial charge in [-0.25, -0.2) is 4.98 Å². The second-order valence-corrected chi connectivity index (χ2v) is 5.51. The Morgan fingerprint density at radius 3 is 2.74 bits per heavy atom. The van der Waals surface area contributed by atoms with E-state index >= 15 is 0 Å². The van der Waals surface area contributed by atoms with Crippen LogP contribution in [0.1, 0.15) is 41.7 Å². The molecule has 1 amide bonds. The smallest absolute Gasteiger partial charge is 0.271 e. The van der Waals surface area contributed by atoms with Crippen LogP contribution in [0.5, 0.6) is 5.75 Å². The Hall–Kier alpha value is -2.47. The van der Waals surface area contributed by atoms with Gasteiger partial charge in [0.2, 0.25) is 0 Å². The minimum atomic E-state index is -0.826. The summed E-state index contributed by atoms with van der Waals surface area (Å²) in [5.74, 6) is 0.318. The van der Waals surface area contributed by atoms with E-state index in [2.05, 4.69) is 15.3 Å². The number of aliphatic hydroxyl groups is 1. The molecular weight excluding hydrogens is 294 g/mol. The van der Waals surface area contributed by atoms with Crippen LogP contribution in [0.4, 0.5) is 0 Å². The van der Waals surface area contributed by atoms with Crippen molar-refractivity contribution in [3.05, 3.63) is 53.6 Å². The molecule has 2 N–H and O–H groups in total. The van der Waals surface area contributed by atoms with Crippen molar-refractivity contribution in [1.82, 2.24) is 15.3 Å². The Bertz CT molecular complexity index is 656. The van der Waals surface area contributed by atoms with Gasteiger partial charge in [-0.15, -0.1) is 0 Å². The molecule has 0 bridgehead atoms. The van der Waals surface area contributed by atoms with Crippen molar-refractivity contribution in [3.8, 4) is 5.75 Å². The lowest BCUT2D eigenvalue weighted by molar-refractivity contribution is 0.0911. The molecule has 1 atom stereocenters. The van der Waals surface area contributed by atoms with Crippen LogP contribution in [0, 0.1) is 6.92 Å². The Labute approximate surface area is 135 Å². The third-order valence-electron chi connectivity index (χ3n) is 3.08. The van der Waals surface area contributed by atoms with Crippen molar-refractivity contribution in [1.29, 1.82) is 0 Å². The maximum absolute atomic E-state index is 12.0. The summed E-state index contributed by atoms with van der Waals surface area (Å²) < 4.78 is 5.59. The lowest BCUT2D eigenvalue weighted by Gasteiger charge is -2.15. The molecule has 0 aliphatic carbocycles. The van der Waals surface area contributed by atoms with E-state index in [-0.39, 0.29) is 24.2 Å². The molecule has 1 aromatic heterocycles. The zero-order valence-corrected chi connectivity index (χ0v) is 13.5. The van der Waals surface area contributed by atoms with Crippen molar-refractivity contribution >= 4 is 5.91 Å². The molecule has 0 aliphatic rings. The van der Waals surface area contributed by atoms with Crippen LogP contribution >= 0.6 is 0 Å². The largest absolute Gasteiger partial charge is 0.491 e. The molecule has 1 heterocycles. The van der Waals surface area contributed by atoms with Gasteiger partial charge in [-0.05, 0) is 38.5 Å². The Balaban J connectivity index is 1.95. The molecule has 0 saturated carbocycles. The van der Waals surface area contributed by atoms with E-state index in [4.69, 9.17) is 4.74 Å². The number of hydrogen-bond acceptors (Lipinski definition) is 5. The topological polar surface area (TPSA) is 84.3 Å². The lowest BCUT2D eigenvalue weighted by atomic mass is 10.1. The number of hydrogen-bond donors (Lipinski definition) is 2. The van der Waals surface area contributed by atoms with E-state index in [1.54, 1.807) is 19.1 Å². The molecule has 2 aromatic rings.